The molecule has 0 aromatic rings. The molecule has 0 aliphatic heterocycles. The molecule has 4 nitrogen and oxygen atoms in total. The van der Waals surface area contributed by atoms with Gasteiger partial charge in [-0.25, -0.2) is 0 Å². The Morgan fingerprint density at radius 2 is 1.21 bits per heavy atom. The molecule has 0 saturated carbocycles. The highest BCUT2D eigenvalue weighted by Gasteiger charge is 2.13. The number of hydrogen-bond donors (Lipinski definition) is 2. The summed E-state index contributed by atoms with van der Waals surface area (Å²) >= 11 is 0. The number of allylic oxidation sites excluding steroid dienone is 3. The van der Waals surface area contributed by atoms with E-state index in [0.717, 1.165) is 0 Å². The fraction of sp³-hybridized carbons (Fsp3) is 0.200. The zero-order chi connectivity index (χ0) is 15.2. The summed E-state index contributed by atoms with van der Waals surface area (Å²) in [6, 6.07) is 0. The van der Waals surface area contributed by atoms with Gasteiger partial charge >= 0.3 is 0 Å². The van der Waals surface area contributed by atoms with Gasteiger partial charge in [-0.05, 0) is 35.1 Å². The average molecular weight is 260 g/mol. The van der Waals surface area contributed by atoms with Crippen LogP contribution in [0.25, 0.3) is 0 Å². The second kappa shape index (κ2) is 7.16. The fourth-order valence-corrected chi connectivity index (χ4v) is 1.35. The number of primary amides is 2. The normalized spacial score (nSPS) is 9.47. The molecule has 4 heteroatoms. The van der Waals surface area contributed by atoms with Crippen LogP contribution in [0.15, 0.2) is 60.8 Å². The van der Waals surface area contributed by atoms with Crippen LogP contribution in [-0.4, -0.2) is 11.8 Å². The Morgan fingerprint density at radius 3 is 1.63 bits per heavy atom. The summed E-state index contributed by atoms with van der Waals surface area (Å²) in [5.74, 6) is -1.01. The third-order valence-electron chi connectivity index (χ3n) is 2.72. The van der Waals surface area contributed by atoms with Gasteiger partial charge in [0.1, 0.15) is 0 Å². The lowest BCUT2D eigenvalue weighted by molar-refractivity contribution is -0.118. The van der Waals surface area contributed by atoms with Crippen molar-refractivity contribution in [1.82, 2.24) is 0 Å². The van der Waals surface area contributed by atoms with Crippen LogP contribution in [0.3, 0.4) is 0 Å². The predicted molar refractivity (Wildman–Crippen MR) is 77.9 cm³/mol. The second-order valence-corrected chi connectivity index (χ2v) is 4.20. The minimum Gasteiger partial charge on any atom is -0.370 e. The first kappa shape index (κ1) is 16.6. The van der Waals surface area contributed by atoms with Crippen LogP contribution in [0.5, 0.6) is 0 Å². The molecule has 0 rings (SSSR count). The maximum atomic E-state index is 11.0. The lowest BCUT2D eigenvalue weighted by Gasteiger charge is -2.14. The summed E-state index contributed by atoms with van der Waals surface area (Å²) in [7, 11) is 0. The van der Waals surface area contributed by atoms with Gasteiger partial charge in [0, 0.05) is 12.0 Å². The standard InChI is InChI=1S/C15H20N2O2/c1-9(7-6-8-14(16)18)10(2)11(3)12(4)13(5)15(17)19/h1-8H2,(H2,16,18)(H2,17,19). The number of amides is 2. The predicted octanol–water partition coefficient (Wildman–Crippen LogP) is 1.91. The molecule has 19 heavy (non-hydrogen) atoms. The molecule has 0 aliphatic rings. The van der Waals surface area contributed by atoms with Crippen molar-refractivity contribution in [2.75, 3.05) is 0 Å². The molecule has 0 aliphatic carbocycles. The van der Waals surface area contributed by atoms with Gasteiger partial charge in [0.25, 0.3) is 0 Å². The Morgan fingerprint density at radius 1 is 0.737 bits per heavy atom. The monoisotopic (exact) mass is 260 g/mol. The minimum atomic E-state index is -0.654. The Hall–Kier alpha value is -2.36. The van der Waals surface area contributed by atoms with Crippen molar-refractivity contribution in [2.24, 2.45) is 11.5 Å². The lowest BCUT2D eigenvalue weighted by atomic mass is 9.90. The Labute approximate surface area is 113 Å². The van der Waals surface area contributed by atoms with E-state index in [-0.39, 0.29) is 17.9 Å². The fourth-order valence-electron chi connectivity index (χ4n) is 1.35. The van der Waals surface area contributed by atoms with E-state index < -0.39 is 5.91 Å². The van der Waals surface area contributed by atoms with Crippen LogP contribution in [-0.2, 0) is 9.59 Å². The van der Waals surface area contributed by atoms with E-state index in [4.69, 9.17) is 11.5 Å². The molecule has 4 N–H and O–H groups in total. The SMILES string of the molecule is C=C(CCCC(N)=O)C(=C)C(=C)C(=C)C(=C)C(N)=O. The highest BCUT2D eigenvalue weighted by Crippen LogP contribution is 2.27. The Balaban J connectivity index is 4.57. The van der Waals surface area contributed by atoms with Crippen molar-refractivity contribution in [1.29, 1.82) is 0 Å². The Kier molecular flexibility index (Phi) is 6.27. The molecule has 2 amide bonds. The molecule has 0 heterocycles. The summed E-state index contributed by atoms with van der Waals surface area (Å²) in [6.45, 7) is 18.8. The average Bonchev–Trinajstić information content (AvgIpc) is 2.34. The molecule has 0 atom stereocenters. The highest BCUT2D eigenvalue weighted by molar-refractivity contribution is 5.97. The zero-order valence-electron chi connectivity index (χ0n) is 11.1. The van der Waals surface area contributed by atoms with E-state index in [9.17, 15) is 9.59 Å². The number of rotatable bonds is 9. The first-order valence-corrected chi connectivity index (χ1v) is 5.71. The summed E-state index contributed by atoms with van der Waals surface area (Å²) in [6.07, 6.45) is 1.44. The summed E-state index contributed by atoms with van der Waals surface area (Å²) < 4.78 is 0. The van der Waals surface area contributed by atoms with Gasteiger partial charge in [-0.3, -0.25) is 9.59 Å². The largest absolute Gasteiger partial charge is 0.370 e. The number of carbonyl (C=O) groups is 2. The van der Waals surface area contributed by atoms with Crippen LogP contribution in [0.1, 0.15) is 19.3 Å². The van der Waals surface area contributed by atoms with Crippen LogP contribution < -0.4 is 11.5 Å². The van der Waals surface area contributed by atoms with Crippen LogP contribution in [0.2, 0.25) is 0 Å². The van der Waals surface area contributed by atoms with Crippen molar-refractivity contribution in [3.05, 3.63) is 60.8 Å². The molecule has 0 radical (unpaired) electrons. The number of carbonyl (C=O) groups excluding carboxylic acids is 2. The van der Waals surface area contributed by atoms with Crippen molar-refractivity contribution < 1.29 is 9.59 Å². The van der Waals surface area contributed by atoms with Crippen molar-refractivity contribution in [2.45, 2.75) is 19.3 Å². The molecule has 0 unspecified atom stereocenters. The third kappa shape index (κ3) is 5.21. The summed E-state index contributed by atoms with van der Waals surface area (Å²) in [4.78, 5) is 21.6. The maximum absolute atomic E-state index is 11.0. The van der Waals surface area contributed by atoms with Gasteiger partial charge in [-0.15, -0.1) is 0 Å². The van der Waals surface area contributed by atoms with E-state index >= 15 is 0 Å². The van der Waals surface area contributed by atoms with Crippen LogP contribution >= 0.6 is 0 Å². The molecule has 0 bridgehead atoms. The lowest BCUT2D eigenvalue weighted by Crippen LogP contribution is -2.15. The van der Waals surface area contributed by atoms with Gasteiger partial charge in [-0.1, -0.05) is 32.9 Å². The molecule has 0 fully saturated rings. The van der Waals surface area contributed by atoms with E-state index in [1.54, 1.807) is 0 Å². The van der Waals surface area contributed by atoms with Gasteiger partial charge in [-0.2, -0.15) is 0 Å². The zero-order valence-corrected chi connectivity index (χ0v) is 11.1. The van der Waals surface area contributed by atoms with E-state index in [2.05, 4.69) is 32.9 Å². The van der Waals surface area contributed by atoms with E-state index in [0.29, 0.717) is 35.1 Å². The van der Waals surface area contributed by atoms with Crippen molar-refractivity contribution >= 4 is 11.8 Å². The van der Waals surface area contributed by atoms with Gasteiger partial charge in [0.2, 0.25) is 11.8 Å². The first-order chi connectivity index (χ1) is 8.68. The molecule has 0 aromatic heterocycles. The second-order valence-electron chi connectivity index (χ2n) is 4.20. The number of nitrogens with two attached hydrogens (primary N) is 2. The first-order valence-electron chi connectivity index (χ1n) is 5.71. The van der Waals surface area contributed by atoms with Crippen molar-refractivity contribution in [3.63, 3.8) is 0 Å². The molecule has 0 saturated heterocycles. The summed E-state index contributed by atoms with van der Waals surface area (Å²) in [5.41, 5.74) is 12.4. The Bertz CT molecular complexity index is 484. The van der Waals surface area contributed by atoms with E-state index in [1.165, 1.54) is 0 Å². The molecular weight excluding hydrogens is 240 g/mol. The highest BCUT2D eigenvalue weighted by atomic mass is 16.1. The van der Waals surface area contributed by atoms with Crippen LogP contribution in [0.4, 0.5) is 0 Å². The third-order valence-corrected chi connectivity index (χ3v) is 2.72. The number of hydrogen-bond acceptors (Lipinski definition) is 2. The van der Waals surface area contributed by atoms with Crippen LogP contribution in [0, 0.1) is 0 Å². The topological polar surface area (TPSA) is 86.2 Å². The molecule has 102 valence electrons. The van der Waals surface area contributed by atoms with E-state index in [1.807, 2.05) is 0 Å². The smallest absolute Gasteiger partial charge is 0.248 e. The maximum Gasteiger partial charge on any atom is 0.248 e. The molecular formula is C15H20N2O2. The van der Waals surface area contributed by atoms with Gasteiger partial charge < -0.3 is 11.5 Å². The van der Waals surface area contributed by atoms with Gasteiger partial charge in [0.05, 0.1) is 0 Å². The van der Waals surface area contributed by atoms with Crippen molar-refractivity contribution in [3.8, 4) is 0 Å². The molecule has 0 aromatic carbocycles. The van der Waals surface area contributed by atoms with Gasteiger partial charge in [0.15, 0.2) is 0 Å². The minimum absolute atomic E-state index is 0.0936. The quantitative estimate of drug-likeness (QED) is 0.490. The summed E-state index contributed by atoms with van der Waals surface area (Å²) in [5, 5.41) is 0. The molecule has 0 spiro atoms.